The molecule has 0 amide bonds. The third kappa shape index (κ3) is 5.81. The van der Waals surface area contributed by atoms with Gasteiger partial charge >= 0.3 is 0 Å². The van der Waals surface area contributed by atoms with Crippen LogP contribution in [0.5, 0.6) is 0 Å². The summed E-state index contributed by atoms with van der Waals surface area (Å²) in [6.45, 7) is 2.60. The molecule has 2 unspecified atom stereocenters. The van der Waals surface area contributed by atoms with E-state index in [1.165, 1.54) is 38.2 Å². The van der Waals surface area contributed by atoms with Crippen molar-refractivity contribution >= 4 is 39.4 Å². The predicted octanol–water partition coefficient (Wildman–Crippen LogP) is 5.04. The first-order valence-corrected chi connectivity index (χ1v) is 11.7. The summed E-state index contributed by atoms with van der Waals surface area (Å²) in [5.41, 5.74) is 8.50. The molecule has 0 bridgehead atoms. The highest BCUT2D eigenvalue weighted by atomic mass is 35.5. The largest absolute Gasteiger partial charge is 0.381 e. The number of anilines is 1. The maximum Gasteiger partial charge on any atom is 0.165 e. The van der Waals surface area contributed by atoms with Crippen LogP contribution in [0.4, 0.5) is 10.2 Å². The van der Waals surface area contributed by atoms with E-state index in [2.05, 4.69) is 31.8 Å². The molecule has 1 aliphatic rings. The molecular weight excluding hydrogens is 457 g/mol. The molecule has 0 aliphatic heterocycles. The van der Waals surface area contributed by atoms with Crippen molar-refractivity contribution in [2.75, 3.05) is 5.73 Å². The molecule has 4 aromatic rings. The molecule has 1 aliphatic carbocycles. The molecule has 180 valence electrons. The van der Waals surface area contributed by atoms with Gasteiger partial charge in [-0.25, -0.2) is 19.3 Å². The molecular formula is C25H29ClFN5O2. The molecule has 0 radical (unpaired) electrons. The van der Waals surface area contributed by atoms with Crippen LogP contribution in [0.25, 0.3) is 21.9 Å². The minimum Gasteiger partial charge on any atom is -0.381 e. The first-order chi connectivity index (χ1) is 16.1. The third-order valence-corrected chi connectivity index (χ3v) is 6.37. The number of nitrogens with two attached hydrogens (primary N) is 1. The van der Waals surface area contributed by atoms with Crippen LogP contribution in [-0.2, 0) is 6.42 Å². The molecule has 0 spiro atoms. The summed E-state index contributed by atoms with van der Waals surface area (Å²) >= 11 is 6.18. The van der Waals surface area contributed by atoms with E-state index in [0.717, 1.165) is 47.6 Å². The number of benzene rings is 1. The number of nitrogens with zero attached hydrogens (tertiary/aromatic N) is 4. The van der Waals surface area contributed by atoms with Crippen LogP contribution < -0.4 is 5.73 Å². The van der Waals surface area contributed by atoms with Crippen LogP contribution in [0.2, 0.25) is 5.15 Å². The highest BCUT2D eigenvalue weighted by Gasteiger charge is 2.27. The number of aryl methyl sites for hydroxylation is 1. The van der Waals surface area contributed by atoms with Gasteiger partial charge in [0, 0.05) is 17.6 Å². The molecule has 1 fully saturated rings. The van der Waals surface area contributed by atoms with E-state index in [9.17, 15) is 4.39 Å². The third-order valence-electron chi connectivity index (χ3n) is 6.07. The molecule has 9 heteroatoms. The molecule has 2 atom stereocenters. The summed E-state index contributed by atoms with van der Waals surface area (Å²) in [7, 11) is 0. The smallest absolute Gasteiger partial charge is 0.165 e. The number of pyridine rings is 1. The van der Waals surface area contributed by atoms with Crippen molar-refractivity contribution in [3.8, 4) is 0 Å². The summed E-state index contributed by atoms with van der Waals surface area (Å²) in [4.78, 5) is 12.7. The van der Waals surface area contributed by atoms with Gasteiger partial charge in [-0.1, -0.05) is 23.7 Å². The van der Waals surface area contributed by atoms with Crippen molar-refractivity contribution in [3.63, 3.8) is 0 Å². The van der Waals surface area contributed by atoms with Gasteiger partial charge in [0.1, 0.15) is 17.1 Å². The number of hydrogen-bond acceptors (Lipinski definition) is 6. The van der Waals surface area contributed by atoms with Crippen LogP contribution in [0.1, 0.15) is 51.1 Å². The highest BCUT2D eigenvalue weighted by molar-refractivity contribution is 6.33. The Balaban J connectivity index is 0.000000499. The zero-order chi connectivity index (χ0) is 24.5. The van der Waals surface area contributed by atoms with E-state index in [-0.39, 0.29) is 5.82 Å². The number of rotatable bonds is 4. The lowest BCUT2D eigenvalue weighted by molar-refractivity contribution is -0.127. The summed E-state index contributed by atoms with van der Waals surface area (Å²) in [5, 5.41) is 18.4. The Labute approximate surface area is 202 Å². The summed E-state index contributed by atoms with van der Waals surface area (Å²) in [6, 6.07) is 9.90. The Kier molecular flexibility index (Phi) is 7.02. The molecule has 3 aromatic heterocycles. The SMILES string of the molecule is CC(C)(O)O.Nc1nc2cc(CCC3CCC(n4ccc5c(Cl)ncnc54)C3)ccc2cc1F. The Morgan fingerprint density at radius 2 is 1.94 bits per heavy atom. The topological polar surface area (TPSA) is 110 Å². The summed E-state index contributed by atoms with van der Waals surface area (Å²) in [6.07, 6.45) is 9.19. The van der Waals surface area contributed by atoms with Crippen molar-refractivity contribution in [1.82, 2.24) is 19.5 Å². The van der Waals surface area contributed by atoms with Gasteiger partial charge in [0.25, 0.3) is 0 Å². The van der Waals surface area contributed by atoms with Crippen LogP contribution in [0.3, 0.4) is 0 Å². The lowest BCUT2D eigenvalue weighted by atomic mass is 9.97. The Morgan fingerprint density at radius 3 is 2.71 bits per heavy atom. The average molecular weight is 486 g/mol. The Morgan fingerprint density at radius 1 is 1.18 bits per heavy atom. The lowest BCUT2D eigenvalue weighted by Gasteiger charge is -2.14. The first-order valence-electron chi connectivity index (χ1n) is 11.3. The molecule has 0 saturated heterocycles. The number of aromatic nitrogens is 4. The quantitative estimate of drug-likeness (QED) is 0.276. The van der Waals surface area contributed by atoms with E-state index in [0.29, 0.717) is 17.1 Å². The maximum absolute atomic E-state index is 13.6. The van der Waals surface area contributed by atoms with Gasteiger partial charge < -0.3 is 20.5 Å². The molecule has 1 saturated carbocycles. The predicted molar refractivity (Wildman–Crippen MR) is 132 cm³/mol. The first kappa shape index (κ1) is 24.3. The van der Waals surface area contributed by atoms with Crippen LogP contribution in [0, 0.1) is 11.7 Å². The Hall–Kier alpha value is -2.81. The average Bonchev–Trinajstić information content (AvgIpc) is 3.39. The normalized spacial score (nSPS) is 18.3. The van der Waals surface area contributed by atoms with E-state index in [1.807, 2.05) is 18.2 Å². The van der Waals surface area contributed by atoms with Gasteiger partial charge in [0.2, 0.25) is 0 Å². The molecule has 4 N–H and O–H groups in total. The second-order valence-electron chi connectivity index (χ2n) is 9.37. The van der Waals surface area contributed by atoms with Gasteiger partial charge in [-0.2, -0.15) is 0 Å². The number of fused-ring (bicyclic) bond motifs is 2. The van der Waals surface area contributed by atoms with E-state index >= 15 is 0 Å². The van der Waals surface area contributed by atoms with Crippen molar-refractivity contribution in [2.24, 2.45) is 5.92 Å². The van der Waals surface area contributed by atoms with Crippen molar-refractivity contribution < 1.29 is 14.6 Å². The van der Waals surface area contributed by atoms with Gasteiger partial charge in [-0.15, -0.1) is 0 Å². The second-order valence-corrected chi connectivity index (χ2v) is 9.73. The van der Waals surface area contributed by atoms with Crippen LogP contribution in [0.15, 0.2) is 42.9 Å². The molecule has 34 heavy (non-hydrogen) atoms. The molecule has 5 rings (SSSR count). The fourth-order valence-electron chi connectivity index (χ4n) is 4.53. The van der Waals surface area contributed by atoms with Crippen LogP contribution in [-0.4, -0.2) is 35.5 Å². The number of hydrogen-bond donors (Lipinski definition) is 3. The zero-order valence-electron chi connectivity index (χ0n) is 19.2. The van der Waals surface area contributed by atoms with Crippen molar-refractivity contribution in [2.45, 2.75) is 57.8 Å². The standard InChI is InChI=1S/C22H21ClFN5.C3H8O2/c23-20-17-7-8-29(22(17)27-12-26-20)16-6-4-13(9-16)1-2-14-3-5-15-11-18(24)21(25)28-19(15)10-14;1-3(2,4)5/h3,5,7-8,10-13,16H,1-2,4,6,9H2,(H2,25,28);4-5H,1-2H3. The number of aliphatic hydroxyl groups is 2. The fraction of sp³-hybridized carbons (Fsp3) is 0.400. The van der Waals surface area contributed by atoms with E-state index in [4.69, 9.17) is 27.5 Å². The van der Waals surface area contributed by atoms with Gasteiger partial charge in [-0.05, 0) is 75.6 Å². The minimum atomic E-state index is -1.50. The maximum atomic E-state index is 13.6. The molecule has 3 heterocycles. The minimum absolute atomic E-state index is 0.0452. The van der Waals surface area contributed by atoms with Crippen molar-refractivity contribution in [3.05, 3.63) is 59.4 Å². The van der Waals surface area contributed by atoms with Crippen LogP contribution >= 0.6 is 11.6 Å². The van der Waals surface area contributed by atoms with E-state index in [1.54, 1.807) is 0 Å². The fourth-order valence-corrected chi connectivity index (χ4v) is 4.72. The number of halogens is 2. The van der Waals surface area contributed by atoms with Gasteiger partial charge in [0.05, 0.1) is 10.9 Å². The number of nitrogen functional groups attached to an aromatic ring is 1. The summed E-state index contributed by atoms with van der Waals surface area (Å²) in [5.74, 6) is -1.35. The van der Waals surface area contributed by atoms with Crippen molar-refractivity contribution in [1.29, 1.82) is 0 Å². The Bertz CT molecular complexity index is 1300. The van der Waals surface area contributed by atoms with E-state index < -0.39 is 11.6 Å². The van der Waals surface area contributed by atoms with Gasteiger partial charge in [-0.3, -0.25) is 0 Å². The highest BCUT2D eigenvalue weighted by Crippen LogP contribution is 2.39. The molecule has 1 aromatic carbocycles. The lowest BCUT2D eigenvalue weighted by Crippen LogP contribution is -2.15. The zero-order valence-corrected chi connectivity index (χ0v) is 20.0. The second kappa shape index (κ2) is 9.82. The summed E-state index contributed by atoms with van der Waals surface area (Å²) < 4.78 is 15.8. The molecule has 7 nitrogen and oxygen atoms in total. The monoisotopic (exact) mass is 485 g/mol. The van der Waals surface area contributed by atoms with Gasteiger partial charge in [0.15, 0.2) is 17.4 Å².